The molecule has 0 radical (unpaired) electrons. The number of anilines is 1. The van der Waals surface area contributed by atoms with Gasteiger partial charge in [-0.15, -0.1) is 0 Å². The van der Waals surface area contributed by atoms with Crippen molar-refractivity contribution in [2.45, 2.75) is 19.8 Å². The molecule has 76 valence electrons. The van der Waals surface area contributed by atoms with Gasteiger partial charge in [-0.25, -0.2) is 0 Å². The van der Waals surface area contributed by atoms with E-state index in [9.17, 15) is 0 Å². The molecule has 0 aliphatic rings. The molecule has 0 aliphatic heterocycles. The Morgan fingerprint density at radius 3 is 2.86 bits per heavy atom. The number of nitrogen functional groups attached to an aromatic ring is 1. The summed E-state index contributed by atoms with van der Waals surface area (Å²) < 4.78 is 8.62. The Morgan fingerprint density at radius 2 is 2.29 bits per heavy atom. The zero-order chi connectivity index (χ0) is 10.6. The first kappa shape index (κ1) is 11.1. The van der Waals surface area contributed by atoms with Gasteiger partial charge < -0.3 is 10.3 Å². The minimum Gasteiger partial charge on any atom is -0.398 e. The zero-order valence-electron chi connectivity index (χ0n) is 8.27. The molecule has 0 saturated carbocycles. The molecule has 1 heterocycles. The van der Waals surface area contributed by atoms with Gasteiger partial charge in [0, 0.05) is 29.5 Å². The molecule has 0 spiro atoms. The molecule has 0 unspecified atom stereocenters. The van der Waals surface area contributed by atoms with Crippen molar-refractivity contribution in [3.63, 3.8) is 0 Å². The van der Waals surface area contributed by atoms with Crippen molar-refractivity contribution in [3.8, 4) is 0 Å². The first-order valence-corrected chi connectivity index (χ1v) is 5.21. The summed E-state index contributed by atoms with van der Waals surface area (Å²) in [4.78, 5) is 4.27. The van der Waals surface area contributed by atoms with Crippen molar-refractivity contribution in [2.75, 3.05) is 5.73 Å². The summed E-state index contributed by atoms with van der Waals surface area (Å²) in [5.74, 6) is 0.321. The van der Waals surface area contributed by atoms with Crippen LogP contribution in [0.2, 0.25) is 0 Å². The summed E-state index contributed by atoms with van der Waals surface area (Å²) in [6, 6.07) is 1.76. The first-order chi connectivity index (χ1) is 6.66. The van der Waals surface area contributed by atoms with Gasteiger partial charge in [-0.1, -0.05) is 13.8 Å². The summed E-state index contributed by atoms with van der Waals surface area (Å²) in [6.45, 7) is 4.12. The van der Waals surface area contributed by atoms with E-state index in [0.717, 1.165) is 11.3 Å². The van der Waals surface area contributed by atoms with Crippen LogP contribution in [0.15, 0.2) is 17.7 Å². The number of nitrogens with zero attached hydrogens (tertiary/aromatic N) is 1. The average Bonchev–Trinajstić information content (AvgIpc) is 2.15. The van der Waals surface area contributed by atoms with Crippen LogP contribution in [0.5, 0.6) is 0 Å². The van der Waals surface area contributed by atoms with Crippen LogP contribution in [0, 0.1) is 0 Å². The molecule has 3 nitrogen and oxygen atoms in total. The molecule has 0 saturated heterocycles. The molecule has 0 aliphatic carbocycles. The Labute approximate surface area is 88.3 Å². The highest BCUT2D eigenvalue weighted by atomic mass is 32.2. The summed E-state index contributed by atoms with van der Waals surface area (Å²) in [7, 11) is 0. The van der Waals surface area contributed by atoms with Crippen molar-refractivity contribution < 1.29 is 4.55 Å². The number of nitrogens with two attached hydrogens (primary N) is 1. The third kappa shape index (κ3) is 2.49. The molecule has 0 atom stereocenters. The number of hydrogen-bond donors (Lipinski definition) is 2. The van der Waals surface area contributed by atoms with Gasteiger partial charge in [0.2, 0.25) is 0 Å². The molecule has 4 heteroatoms. The maximum absolute atomic E-state index is 8.62. The van der Waals surface area contributed by atoms with Crippen molar-refractivity contribution in [3.05, 3.63) is 28.9 Å². The Bertz CT molecular complexity index is 337. The molecule has 0 bridgehead atoms. The molecular formula is C10H14N2OS. The van der Waals surface area contributed by atoms with Gasteiger partial charge in [0.25, 0.3) is 0 Å². The zero-order valence-corrected chi connectivity index (χ0v) is 9.08. The van der Waals surface area contributed by atoms with Gasteiger partial charge in [0.1, 0.15) is 0 Å². The minimum absolute atomic E-state index is 0.321. The lowest BCUT2D eigenvalue weighted by atomic mass is 10.0. The SMILES string of the molecule is CC(C)c1nccc(N)c1/C=C\SO. The van der Waals surface area contributed by atoms with E-state index in [0.29, 0.717) is 23.6 Å². The normalized spacial score (nSPS) is 11.4. The van der Waals surface area contributed by atoms with Crippen molar-refractivity contribution >= 4 is 23.8 Å². The third-order valence-corrected chi connectivity index (χ3v) is 2.15. The van der Waals surface area contributed by atoms with E-state index >= 15 is 0 Å². The fourth-order valence-corrected chi connectivity index (χ4v) is 1.44. The number of aromatic nitrogens is 1. The smallest absolute Gasteiger partial charge is 0.0522 e. The number of rotatable bonds is 3. The standard InChI is InChI=1S/C10H14N2OS/c1-7(2)10-8(4-6-14-13)9(11)3-5-12-10/h3-7,13H,1-2H3,(H2,11,12)/b6-4-. The van der Waals surface area contributed by atoms with Crippen molar-refractivity contribution in [1.29, 1.82) is 0 Å². The van der Waals surface area contributed by atoms with Crippen LogP contribution in [0.3, 0.4) is 0 Å². The molecule has 0 aromatic carbocycles. The second-order valence-electron chi connectivity index (χ2n) is 3.26. The fraction of sp³-hybridized carbons (Fsp3) is 0.300. The average molecular weight is 210 g/mol. The van der Waals surface area contributed by atoms with Gasteiger partial charge >= 0.3 is 0 Å². The summed E-state index contributed by atoms with van der Waals surface area (Å²) in [5, 5.41) is 1.58. The molecule has 3 N–H and O–H groups in total. The van der Waals surface area contributed by atoms with Gasteiger partial charge in [-0.2, -0.15) is 0 Å². The molecular weight excluding hydrogens is 196 g/mol. The molecule has 14 heavy (non-hydrogen) atoms. The Kier molecular flexibility index (Phi) is 3.98. The predicted molar refractivity (Wildman–Crippen MR) is 62.0 cm³/mol. The van der Waals surface area contributed by atoms with Crippen LogP contribution < -0.4 is 5.73 Å². The van der Waals surface area contributed by atoms with Crippen LogP contribution in [0.4, 0.5) is 5.69 Å². The lowest BCUT2D eigenvalue weighted by Gasteiger charge is -2.10. The van der Waals surface area contributed by atoms with Gasteiger partial charge in [0.05, 0.1) is 5.69 Å². The highest BCUT2D eigenvalue weighted by molar-refractivity contribution is 7.96. The lowest BCUT2D eigenvalue weighted by molar-refractivity contribution is 0.671. The maximum Gasteiger partial charge on any atom is 0.0522 e. The highest BCUT2D eigenvalue weighted by Gasteiger charge is 2.08. The van der Waals surface area contributed by atoms with Crippen LogP contribution in [0.25, 0.3) is 6.08 Å². The van der Waals surface area contributed by atoms with Crippen LogP contribution in [-0.4, -0.2) is 9.54 Å². The van der Waals surface area contributed by atoms with E-state index < -0.39 is 0 Å². The molecule has 1 rings (SSSR count). The number of pyridine rings is 1. The van der Waals surface area contributed by atoms with Crippen molar-refractivity contribution in [1.82, 2.24) is 4.98 Å². The monoisotopic (exact) mass is 210 g/mol. The van der Waals surface area contributed by atoms with Gasteiger partial charge in [-0.05, 0) is 23.5 Å². The summed E-state index contributed by atoms with van der Waals surface area (Å²) >= 11 is 0.662. The van der Waals surface area contributed by atoms with Gasteiger partial charge in [-0.3, -0.25) is 4.98 Å². The third-order valence-electron chi connectivity index (χ3n) is 1.90. The molecule has 1 aromatic rings. The Balaban J connectivity index is 3.15. The predicted octanol–water partition coefficient (Wildman–Crippen LogP) is 2.96. The first-order valence-electron chi connectivity index (χ1n) is 4.38. The van der Waals surface area contributed by atoms with Crippen LogP contribution >= 0.6 is 12.0 Å². The maximum atomic E-state index is 8.62. The van der Waals surface area contributed by atoms with E-state index in [1.165, 1.54) is 0 Å². The van der Waals surface area contributed by atoms with Crippen LogP contribution in [0.1, 0.15) is 31.0 Å². The van der Waals surface area contributed by atoms with E-state index in [4.69, 9.17) is 10.3 Å². The molecule has 0 fully saturated rings. The largest absolute Gasteiger partial charge is 0.398 e. The molecule has 1 aromatic heterocycles. The Hall–Kier alpha value is -1.00. The fourth-order valence-electron chi connectivity index (χ4n) is 1.25. The van der Waals surface area contributed by atoms with Gasteiger partial charge in [0.15, 0.2) is 0 Å². The van der Waals surface area contributed by atoms with Crippen molar-refractivity contribution in [2.24, 2.45) is 0 Å². The van der Waals surface area contributed by atoms with Crippen LogP contribution in [-0.2, 0) is 0 Å². The van der Waals surface area contributed by atoms with E-state index in [-0.39, 0.29) is 0 Å². The van der Waals surface area contributed by atoms with E-state index in [1.54, 1.807) is 23.7 Å². The second-order valence-corrected chi connectivity index (χ2v) is 3.74. The number of hydrogen-bond acceptors (Lipinski definition) is 4. The Morgan fingerprint density at radius 1 is 1.57 bits per heavy atom. The lowest BCUT2D eigenvalue weighted by Crippen LogP contribution is -2.00. The minimum atomic E-state index is 0.321. The van der Waals surface area contributed by atoms with E-state index in [2.05, 4.69) is 18.8 Å². The molecule has 0 amide bonds. The quantitative estimate of drug-likeness (QED) is 0.753. The summed E-state index contributed by atoms with van der Waals surface area (Å²) in [5.41, 5.74) is 8.35. The summed E-state index contributed by atoms with van der Waals surface area (Å²) in [6.07, 6.45) is 3.48. The topological polar surface area (TPSA) is 59.1 Å². The second kappa shape index (κ2) is 5.02. The highest BCUT2D eigenvalue weighted by Crippen LogP contribution is 2.23. The van der Waals surface area contributed by atoms with E-state index in [1.807, 2.05) is 0 Å².